The van der Waals surface area contributed by atoms with Crippen LogP contribution in [0.15, 0.2) is 49.3 Å². The number of benzene rings is 1. The van der Waals surface area contributed by atoms with Crippen LogP contribution in [0.2, 0.25) is 0 Å². The highest BCUT2D eigenvalue weighted by molar-refractivity contribution is 6.00. The molecule has 0 saturated heterocycles. The Morgan fingerprint density at radius 2 is 2.05 bits per heavy atom. The molecule has 2 aromatic heterocycles. The number of nitrogens with one attached hydrogen (secondary N) is 1. The summed E-state index contributed by atoms with van der Waals surface area (Å²) in [6.07, 6.45) is 9.14. The Balaban J connectivity index is 1.79. The maximum atomic E-state index is 5.96. The molecule has 96 valence electrons. The number of nitrogen functional groups attached to an aromatic ring is 1. The number of anilines is 2. The molecule has 0 aliphatic carbocycles. The van der Waals surface area contributed by atoms with E-state index in [4.69, 9.17) is 5.73 Å². The summed E-state index contributed by atoms with van der Waals surface area (Å²) < 4.78 is 2.03. The van der Waals surface area contributed by atoms with Crippen molar-refractivity contribution in [3.63, 3.8) is 0 Å². The first kappa shape index (κ1) is 11.5. The van der Waals surface area contributed by atoms with Gasteiger partial charge >= 0.3 is 0 Å². The Kier molecular flexibility index (Phi) is 3.02. The van der Waals surface area contributed by atoms with Gasteiger partial charge in [-0.05, 0) is 18.2 Å². The van der Waals surface area contributed by atoms with E-state index in [-0.39, 0.29) is 0 Å². The van der Waals surface area contributed by atoms with Crippen molar-refractivity contribution >= 4 is 22.1 Å². The van der Waals surface area contributed by atoms with Gasteiger partial charge in [0.1, 0.15) is 0 Å². The van der Waals surface area contributed by atoms with E-state index >= 15 is 0 Å². The molecule has 0 aliphatic rings. The molecule has 0 bridgehead atoms. The minimum Gasteiger partial charge on any atom is -0.398 e. The Hall–Kier alpha value is -2.56. The van der Waals surface area contributed by atoms with Crippen LogP contribution >= 0.6 is 0 Å². The fraction of sp³-hybridized carbons (Fsp3) is 0.143. The second-order valence-corrected chi connectivity index (χ2v) is 4.35. The molecule has 0 radical (unpaired) electrons. The second kappa shape index (κ2) is 4.97. The van der Waals surface area contributed by atoms with Crippen molar-refractivity contribution in [2.45, 2.75) is 6.54 Å². The Labute approximate surface area is 111 Å². The lowest BCUT2D eigenvalue weighted by Crippen LogP contribution is -2.09. The lowest BCUT2D eigenvalue weighted by molar-refractivity contribution is 0.727. The SMILES string of the molecule is Nc1ccc(NCCn2ccnc2)c2cnccc12. The third-order valence-corrected chi connectivity index (χ3v) is 3.10. The smallest absolute Gasteiger partial charge is 0.0946 e. The van der Waals surface area contributed by atoms with Gasteiger partial charge in [-0.1, -0.05) is 0 Å². The molecule has 1 aromatic carbocycles. The van der Waals surface area contributed by atoms with Gasteiger partial charge in [0.05, 0.1) is 6.33 Å². The number of hydrogen-bond acceptors (Lipinski definition) is 4. The summed E-state index contributed by atoms with van der Waals surface area (Å²) in [5.41, 5.74) is 7.79. The van der Waals surface area contributed by atoms with Crippen LogP contribution in [0.5, 0.6) is 0 Å². The number of hydrogen-bond donors (Lipinski definition) is 2. The van der Waals surface area contributed by atoms with E-state index in [9.17, 15) is 0 Å². The predicted molar refractivity (Wildman–Crippen MR) is 76.9 cm³/mol. The van der Waals surface area contributed by atoms with Crippen LogP contribution in [-0.4, -0.2) is 21.1 Å². The number of rotatable bonds is 4. The lowest BCUT2D eigenvalue weighted by atomic mass is 10.1. The highest BCUT2D eigenvalue weighted by Gasteiger charge is 2.03. The average molecular weight is 253 g/mol. The summed E-state index contributed by atoms with van der Waals surface area (Å²) in [7, 11) is 0. The normalized spacial score (nSPS) is 10.7. The van der Waals surface area contributed by atoms with E-state index in [1.54, 1.807) is 12.4 Å². The van der Waals surface area contributed by atoms with E-state index in [0.717, 1.165) is 35.2 Å². The van der Waals surface area contributed by atoms with Gasteiger partial charge in [-0.2, -0.15) is 0 Å². The first-order valence-corrected chi connectivity index (χ1v) is 6.16. The molecule has 3 aromatic rings. The van der Waals surface area contributed by atoms with Crippen LogP contribution in [0.25, 0.3) is 10.8 Å². The third kappa shape index (κ3) is 2.35. The molecule has 0 atom stereocenters. The number of aromatic nitrogens is 3. The molecule has 0 fully saturated rings. The Morgan fingerprint density at radius 1 is 1.11 bits per heavy atom. The van der Waals surface area contributed by atoms with Crippen molar-refractivity contribution < 1.29 is 0 Å². The molecule has 0 saturated carbocycles. The van der Waals surface area contributed by atoms with Crippen LogP contribution in [0.3, 0.4) is 0 Å². The number of nitrogens with zero attached hydrogens (tertiary/aromatic N) is 3. The van der Waals surface area contributed by atoms with Crippen LogP contribution in [-0.2, 0) is 6.54 Å². The minimum absolute atomic E-state index is 0.776. The zero-order valence-electron chi connectivity index (χ0n) is 10.5. The largest absolute Gasteiger partial charge is 0.398 e. The van der Waals surface area contributed by atoms with Crippen LogP contribution in [0.1, 0.15) is 0 Å². The number of pyridine rings is 1. The standard InChI is InChI=1S/C14H15N5/c15-13-1-2-14(12-9-16-4-3-11(12)13)18-6-8-19-7-5-17-10-19/h1-5,7,9-10,18H,6,8,15H2. The molecule has 2 heterocycles. The zero-order chi connectivity index (χ0) is 13.1. The first-order valence-electron chi connectivity index (χ1n) is 6.16. The average Bonchev–Trinajstić information content (AvgIpc) is 2.95. The van der Waals surface area contributed by atoms with Crippen LogP contribution in [0, 0.1) is 0 Å². The molecule has 3 N–H and O–H groups in total. The van der Waals surface area contributed by atoms with Gasteiger partial charge in [0.2, 0.25) is 0 Å². The quantitative estimate of drug-likeness (QED) is 0.699. The van der Waals surface area contributed by atoms with E-state index in [1.807, 2.05) is 41.5 Å². The summed E-state index contributed by atoms with van der Waals surface area (Å²) in [4.78, 5) is 8.18. The molecule has 0 aliphatic heterocycles. The van der Waals surface area contributed by atoms with Gasteiger partial charge in [0.15, 0.2) is 0 Å². The van der Waals surface area contributed by atoms with E-state index < -0.39 is 0 Å². The van der Waals surface area contributed by atoms with Gasteiger partial charge in [-0.15, -0.1) is 0 Å². The van der Waals surface area contributed by atoms with Crippen molar-refractivity contribution in [3.8, 4) is 0 Å². The van der Waals surface area contributed by atoms with Crippen molar-refractivity contribution in [2.24, 2.45) is 0 Å². The van der Waals surface area contributed by atoms with Crippen molar-refractivity contribution in [1.82, 2.24) is 14.5 Å². The number of imidazole rings is 1. The molecule has 3 rings (SSSR count). The highest BCUT2D eigenvalue weighted by atomic mass is 15.0. The molecule has 0 spiro atoms. The molecule has 19 heavy (non-hydrogen) atoms. The highest BCUT2D eigenvalue weighted by Crippen LogP contribution is 2.27. The maximum absolute atomic E-state index is 5.96. The molecular formula is C14H15N5. The van der Waals surface area contributed by atoms with Gasteiger partial charge in [-0.3, -0.25) is 4.98 Å². The van der Waals surface area contributed by atoms with Crippen molar-refractivity contribution in [1.29, 1.82) is 0 Å². The summed E-state index contributed by atoms with van der Waals surface area (Å²) in [5, 5.41) is 5.49. The first-order chi connectivity index (χ1) is 9.34. The van der Waals surface area contributed by atoms with Crippen molar-refractivity contribution in [2.75, 3.05) is 17.6 Å². The monoisotopic (exact) mass is 253 g/mol. The fourth-order valence-electron chi connectivity index (χ4n) is 2.11. The van der Waals surface area contributed by atoms with Gasteiger partial charge < -0.3 is 15.6 Å². The topological polar surface area (TPSA) is 68.8 Å². The maximum Gasteiger partial charge on any atom is 0.0946 e. The summed E-state index contributed by atoms with van der Waals surface area (Å²) >= 11 is 0. The van der Waals surface area contributed by atoms with E-state index in [0.29, 0.717) is 0 Å². The zero-order valence-corrected chi connectivity index (χ0v) is 10.5. The Bertz CT molecular complexity index is 675. The molecule has 0 unspecified atom stereocenters. The summed E-state index contributed by atoms with van der Waals surface area (Å²) in [5.74, 6) is 0. The molecule has 5 heteroatoms. The van der Waals surface area contributed by atoms with Crippen LogP contribution in [0.4, 0.5) is 11.4 Å². The van der Waals surface area contributed by atoms with Gasteiger partial charge in [0.25, 0.3) is 0 Å². The number of nitrogens with two attached hydrogens (primary N) is 1. The molecule has 0 amide bonds. The lowest BCUT2D eigenvalue weighted by Gasteiger charge is -2.11. The second-order valence-electron chi connectivity index (χ2n) is 4.35. The minimum atomic E-state index is 0.776. The van der Waals surface area contributed by atoms with E-state index in [1.165, 1.54) is 0 Å². The summed E-state index contributed by atoms with van der Waals surface area (Å²) in [6.45, 7) is 1.69. The molecule has 5 nitrogen and oxygen atoms in total. The fourth-order valence-corrected chi connectivity index (χ4v) is 2.11. The number of fused-ring (bicyclic) bond motifs is 1. The van der Waals surface area contributed by atoms with Gasteiger partial charge in [-0.25, -0.2) is 4.98 Å². The van der Waals surface area contributed by atoms with Gasteiger partial charge in [0, 0.05) is 60.0 Å². The van der Waals surface area contributed by atoms with Crippen LogP contribution < -0.4 is 11.1 Å². The van der Waals surface area contributed by atoms with Crippen molar-refractivity contribution in [3.05, 3.63) is 49.3 Å². The predicted octanol–water partition coefficient (Wildman–Crippen LogP) is 2.13. The third-order valence-electron chi connectivity index (χ3n) is 3.10. The van der Waals surface area contributed by atoms with E-state index in [2.05, 4.69) is 15.3 Å². The Morgan fingerprint density at radius 3 is 2.89 bits per heavy atom. The summed E-state index contributed by atoms with van der Waals surface area (Å²) in [6, 6.07) is 5.85. The molecular weight excluding hydrogens is 238 g/mol.